The van der Waals surface area contributed by atoms with Crippen molar-refractivity contribution in [2.24, 2.45) is 17.1 Å². The molecule has 2 saturated heterocycles. The summed E-state index contributed by atoms with van der Waals surface area (Å²) in [5.41, 5.74) is 6.67. The Morgan fingerprint density at radius 1 is 1.23 bits per heavy atom. The molecule has 1 aromatic rings. The lowest BCUT2D eigenvalue weighted by Gasteiger charge is -2.46. The van der Waals surface area contributed by atoms with E-state index in [2.05, 4.69) is 0 Å². The summed E-state index contributed by atoms with van der Waals surface area (Å²) in [4.78, 5) is 27.6. The highest BCUT2D eigenvalue weighted by molar-refractivity contribution is 6.30. The summed E-state index contributed by atoms with van der Waals surface area (Å²) in [6, 6.07) is 6.78. The highest BCUT2D eigenvalue weighted by Crippen LogP contribution is 2.44. The second-order valence-electron chi connectivity index (χ2n) is 8.03. The normalized spacial score (nSPS) is 20.2. The van der Waals surface area contributed by atoms with E-state index in [0.29, 0.717) is 57.2 Å². The number of piperidine rings is 1. The molecule has 0 saturated carbocycles. The first-order chi connectivity index (χ1) is 14.0. The summed E-state index contributed by atoms with van der Waals surface area (Å²) >= 11 is 5.92. The van der Waals surface area contributed by atoms with Gasteiger partial charge in [0.2, 0.25) is 5.91 Å². The summed E-state index contributed by atoms with van der Waals surface area (Å²) in [5, 5.41) is 0.660. The number of carbonyl (C=O) groups is 2. The molecule has 1 atom stereocenters. The second-order valence-corrected chi connectivity index (χ2v) is 8.46. The topological polar surface area (TPSA) is 81.9 Å². The molecule has 0 radical (unpaired) electrons. The van der Waals surface area contributed by atoms with Crippen molar-refractivity contribution in [2.75, 3.05) is 32.9 Å². The maximum absolute atomic E-state index is 12.9. The van der Waals surface area contributed by atoms with E-state index in [9.17, 15) is 9.59 Å². The van der Waals surface area contributed by atoms with Gasteiger partial charge in [-0.2, -0.15) is 0 Å². The third-order valence-corrected chi connectivity index (χ3v) is 6.59. The van der Waals surface area contributed by atoms with Gasteiger partial charge < -0.3 is 20.1 Å². The molecule has 0 aliphatic carbocycles. The first-order valence-electron chi connectivity index (χ1n) is 10.5. The zero-order valence-electron chi connectivity index (χ0n) is 17.5. The van der Waals surface area contributed by atoms with Crippen LogP contribution in [-0.2, 0) is 25.5 Å². The third-order valence-electron chi connectivity index (χ3n) is 6.34. The van der Waals surface area contributed by atoms with Crippen LogP contribution in [0.3, 0.4) is 0 Å². The Morgan fingerprint density at radius 2 is 1.83 bits per heavy atom. The molecule has 0 spiro atoms. The number of nitrogens with two attached hydrogens (primary N) is 1. The molecule has 8 heteroatoms. The number of halogens is 2. The number of hydrogen-bond donors (Lipinski definition) is 1. The van der Waals surface area contributed by atoms with Gasteiger partial charge in [-0.15, -0.1) is 12.4 Å². The van der Waals surface area contributed by atoms with Crippen LogP contribution < -0.4 is 5.73 Å². The molecular weight excluding hydrogens is 427 g/mol. The molecule has 6 nitrogen and oxygen atoms in total. The van der Waals surface area contributed by atoms with E-state index in [-0.39, 0.29) is 30.2 Å². The average Bonchev–Trinajstić information content (AvgIpc) is 2.75. The van der Waals surface area contributed by atoms with Crippen molar-refractivity contribution in [1.82, 2.24) is 4.90 Å². The van der Waals surface area contributed by atoms with Crippen molar-refractivity contribution in [1.29, 1.82) is 0 Å². The Morgan fingerprint density at radius 3 is 2.40 bits per heavy atom. The summed E-state index contributed by atoms with van der Waals surface area (Å²) in [7, 11) is 0. The highest BCUT2D eigenvalue weighted by atomic mass is 35.5. The van der Waals surface area contributed by atoms with Gasteiger partial charge in [0, 0.05) is 31.3 Å². The quantitative estimate of drug-likeness (QED) is 0.661. The zero-order chi connectivity index (χ0) is 20.9. The Kier molecular flexibility index (Phi) is 9.41. The fourth-order valence-corrected chi connectivity index (χ4v) is 4.75. The molecule has 2 aliphatic rings. The largest absolute Gasteiger partial charge is 0.466 e. The molecule has 1 amide bonds. The fourth-order valence-electron chi connectivity index (χ4n) is 4.63. The molecular formula is C22H32Cl2N2O4. The standard InChI is InChI=1S/C22H31ClN2O4.ClH/c1-2-29-21(27)22(17-7-13-28-14-8-17)9-11-25(12-10-22)20(26)19(24)15-16-3-5-18(23)6-4-16;/h3-6,17,19H,2,7-15,24H2,1H3;1H/t19-;/m0./s1. The van der Waals surface area contributed by atoms with Crippen LogP contribution in [0.25, 0.3) is 0 Å². The van der Waals surface area contributed by atoms with Gasteiger partial charge in [0.1, 0.15) is 0 Å². The monoisotopic (exact) mass is 458 g/mol. The molecule has 3 rings (SSSR count). The molecule has 2 fully saturated rings. The van der Waals surface area contributed by atoms with Gasteiger partial charge in [-0.3, -0.25) is 9.59 Å². The van der Waals surface area contributed by atoms with Crippen LogP contribution in [-0.4, -0.2) is 55.7 Å². The van der Waals surface area contributed by atoms with Crippen molar-refractivity contribution in [2.45, 2.75) is 45.1 Å². The van der Waals surface area contributed by atoms with E-state index < -0.39 is 11.5 Å². The molecule has 2 aliphatic heterocycles. The van der Waals surface area contributed by atoms with E-state index in [0.717, 1.165) is 18.4 Å². The van der Waals surface area contributed by atoms with Crippen LogP contribution in [0.5, 0.6) is 0 Å². The predicted octanol–water partition coefficient (Wildman–Crippen LogP) is 3.23. The smallest absolute Gasteiger partial charge is 0.312 e. The minimum Gasteiger partial charge on any atom is -0.466 e. The van der Waals surface area contributed by atoms with E-state index in [1.807, 2.05) is 19.1 Å². The lowest BCUT2D eigenvalue weighted by Crippen LogP contribution is -2.54. The van der Waals surface area contributed by atoms with Crippen LogP contribution in [0, 0.1) is 11.3 Å². The number of nitrogens with zero attached hydrogens (tertiary/aromatic N) is 1. The molecule has 0 unspecified atom stereocenters. The number of benzene rings is 1. The van der Waals surface area contributed by atoms with Gasteiger partial charge in [0.25, 0.3) is 0 Å². The van der Waals surface area contributed by atoms with Gasteiger partial charge in [0.05, 0.1) is 18.1 Å². The highest BCUT2D eigenvalue weighted by Gasteiger charge is 2.49. The maximum atomic E-state index is 12.9. The van der Waals surface area contributed by atoms with Crippen molar-refractivity contribution in [3.05, 3.63) is 34.9 Å². The number of ether oxygens (including phenoxy) is 2. The summed E-state index contributed by atoms with van der Waals surface area (Å²) in [5.74, 6) is 0.0594. The average molecular weight is 459 g/mol. The summed E-state index contributed by atoms with van der Waals surface area (Å²) < 4.78 is 10.9. The number of amides is 1. The molecule has 1 aromatic carbocycles. The molecule has 0 aromatic heterocycles. The Balaban J connectivity index is 0.00000320. The molecule has 2 heterocycles. The fraction of sp³-hybridized carbons (Fsp3) is 0.636. The first-order valence-corrected chi connectivity index (χ1v) is 10.9. The van der Waals surface area contributed by atoms with Crippen LogP contribution in [0.15, 0.2) is 24.3 Å². The lowest BCUT2D eigenvalue weighted by atomic mass is 9.65. The second kappa shape index (κ2) is 11.3. The maximum Gasteiger partial charge on any atom is 0.312 e. The van der Waals surface area contributed by atoms with Crippen LogP contribution in [0.4, 0.5) is 0 Å². The number of likely N-dealkylation sites (tertiary alicyclic amines) is 1. The Hall–Kier alpha value is -1.34. The van der Waals surface area contributed by atoms with Crippen LogP contribution in [0.1, 0.15) is 38.2 Å². The van der Waals surface area contributed by atoms with Crippen molar-refractivity contribution >= 4 is 35.9 Å². The van der Waals surface area contributed by atoms with Crippen LogP contribution >= 0.6 is 24.0 Å². The van der Waals surface area contributed by atoms with Gasteiger partial charge >= 0.3 is 5.97 Å². The van der Waals surface area contributed by atoms with Gasteiger partial charge in [0.15, 0.2) is 0 Å². The number of hydrogen-bond acceptors (Lipinski definition) is 5. The Labute approximate surface area is 189 Å². The van der Waals surface area contributed by atoms with Crippen LogP contribution in [0.2, 0.25) is 5.02 Å². The van der Waals surface area contributed by atoms with Gasteiger partial charge in [-0.05, 0) is 62.6 Å². The number of carbonyl (C=O) groups excluding carboxylic acids is 2. The summed E-state index contributed by atoms with van der Waals surface area (Å²) in [6.45, 7) is 4.63. The van der Waals surface area contributed by atoms with E-state index in [4.69, 9.17) is 26.8 Å². The van der Waals surface area contributed by atoms with Crippen molar-refractivity contribution in [3.63, 3.8) is 0 Å². The van der Waals surface area contributed by atoms with Gasteiger partial charge in [-0.1, -0.05) is 23.7 Å². The number of esters is 1. The molecule has 0 bridgehead atoms. The van der Waals surface area contributed by atoms with E-state index in [1.165, 1.54) is 0 Å². The zero-order valence-corrected chi connectivity index (χ0v) is 19.1. The predicted molar refractivity (Wildman–Crippen MR) is 119 cm³/mol. The SMILES string of the molecule is CCOC(=O)C1(C2CCOCC2)CCN(C(=O)[C@@H](N)Cc2ccc(Cl)cc2)CC1.Cl. The Bertz CT molecular complexity index is 700. The van der Waals surface area contributed by atoms with Crippen molar-refractivity contribution in [3.8, 4) is 0 Å². The minimum absolute atomic E-state index is 0. The third kappa shape index (κ3) is 5.67. The lowest BCUT2D eigenvalue weighted by molar-refractivity contribution is -0.168. The molecule has 2 N–H and O–H groups in total. The first kappa shape index (κ1) is 24.9. The summed E-state index contributed by atoms with van der Waals surface area (Å²) in [6.07, 6.45) is 3.44. The number of rotatable bonds is 6. The van der Waals surface area contributed by atoms with Gasteiger partial charge in [-0.25, -0.2) is 0 Å². The minimum atomic E-state index is -0.602. The van der Waals surface area contributed by atoms with E-state index >= 15 is 0 Å². The molecule has 30 heavy (non-hydrogen) atoms. The molecule has 168 valence electrons. The van der Waals surface area contributed by atoms with E-state index in [1.54, 1.807) is 17.0 Å². The van der Waals surface area contributed by atoms with Crippen molar-refractivity contribution < 1.29 is 19.1 Å².